The lowest BCUT2D eigenvalue weighted by molar-refractivity contribution is -0.160. The first-order valence-electron chi connectivity index (χ1n) is 12.0. The predicted octanol–water partition coefficient (Wildman–Crippen LogP) is 4.55. The molecule has 0 amide bonds. The van der Waals surface area contributed by atoms with Gasteiger partial charge in [-0.1, -0.05) is 69.7 Å². The number of aliphatic hydroxyl groups is 1. The van der Waals surface area contributed by atoms with Gasteiger partial charge >= 0.3 is 5.97 Å². The van der Waals surface area contributed by atoms with Crippen molar-refractivity contribution < 1.29 is 23.1 Å². The number of benzene rings is 2. The second-order valence-electron chi connectivity index (χ2n) is 10.2. The van der Waals surface area contributed by atoms with Crippen molar-refractivity contribution in [1.29, 1.82) is 0 Å². The predicted molar refractivity (Wildman–Crippen MR) is 133 cm³/mol. The molecule has 0 heterocycles. The summed E-state index contributed by atoms with van der Waals surface area (Å²) < 4.78 is 35.0. The number of carbonyl (C=O) groups excluding carboxylic acids is 1. The smallest absolute Gasteiger partial charge is 0.311 e. The minimum Gasteiger partial charge on any atom is -0.460 e. The molecule has 3 rings (SSSR count). The van der Waals surface area contributed by atoms with Gasteiger partial charge < -0.3 is 9.84 Å². The first-order chi connectivity index (χ1) is 16.0. The quantitative estimate of drug-likeness (QED) is 0.480. The van der Waals surface area contributed by atoms with Crippen molar-refractivity contribution in [3.8, 4) is 0 Å². The van der Waals surface area contributed by atoms with Gasteiger partial charge in [-0.15, -0.1) is 0 Å². The van der Waals surface area contributed by atoms with Gasteiger partial charge in [0, 0.05) is 6.42 Å². The first-order valence-corrected chi connectivity index (χ1v) is 13.5. The Balaban J connectivity index is 1.85. The van der Waals surface area contributed by atoms with Gasteiger partial charge in [0.25, 0.3) is 0 Å². The van der Waals surface area contributed by atoms with Crippen LogP contribution in [-0.2, 0) is 26.0 Å². The molecule has 1 aliphatic carbocycles. The van der Waals surface area contributed by atoms with E-state index in [1.165, 1.54) is 0 Å². The molecule has 7 heteroatoms. The second kappa shape index (κ2) is 11.0. The van der Waals surface area contributed by atoms with E-state index >= 15 is 0 Å². The molecule has 2 N–H and O–H groups in total. The van der Waals surface area contributed by atoms with Crippen LogP contribution in [0.5, 0.6) is 0 Å². The van der Waals surface area contributed by atoms with Crippen molar-refractivity contribution in [3.63, 3.8) is 0 Å². The lowest BCUT2D eigenvalue weighted by atomic mass is 9.88. The monoisotopic (exact) mass is 487 g/mol. The average Bonchev–Trinajstić information content (AvgIpc) is 3.08. The number of carbonyl (C=O) groups is 1. The van der Waals surface area contributed by atoms with Gasteiger partial charge in [-0.3, -0.25) is 4.79 Å². The van der Waals surface area contributed by atoms with Crippen LogP contribution in [0.3, 0.4) is 0 Å². The SMILES string of the molecule is Cc1ccc(S(=O)(=O)N[C@H]2c3ccccc3C[C@H]2OC(=O)[C@@H](CC(C)C)[C@H](O)CC(C)C)cc1. The maximum Gasteiger partial charge on any atom is 0.311 e. The number of sulfonamides is 1. The van der Waals surface area contributed by atoms with Crippen molar-refractivity contribution in [2.24, 2.45) is 17.8 Å². The van der Waals surface area contributed by atoms with Crippen LogP contribution in [0, 0.1) is 24.7 Å². The fourth-order valence-corrected chi connectivity index (χ4v) is 5.81. The van der Waals surface area contributed by atoms with Crippen molar-refractivity contribution in [2.75, 3.05) is 0 Å². The standard InChI is InChI=1S/C27H37NO5S/c1-17(2)14-23(24(29)15-18(3)4)27(30)33-25-16-20-8-6-7-9-22(20)26(25)28-34(31,32)21-12-10-19(5)11-13-21/h6-13,17-18,23-26,28-29H,14-16H2,1-5H3/t23-,24+,25+,26-/m0/s1. The zero-order chi connectivity index (χ0) is 25.0. The molecule has 1 aliphatic rings. The molecule has 0 aromatic heterocycles. The Morgan fingerprint density at radius 1 is 1.03 bits per heavy atom. The lowest BCUT2D eigenvalue weighted by Gasteiger charge is -2.28. The van der Waals surface area contributed by atoms with Gasteiger partial charge in [0.1, 0.15) is 6.10 Å². The molecule has 0 fully saturated rings. The molecule has 6 nitrogen and oxygen atoms in total. The molecule has 0 aliphatic heterocycles. The maximum atomic E-state index is 13.3. The topological polar surface area (TPSA) is 92.7 Å². The van der Waals surface area contributed by atoms with Crippen LogP contribution >= 0.6 is 0 Å². The third kappa shape index (κ3) is 6.46. The number of hydrogen-bond acceptors (Lipinski definition) is 5. The highest BCUT2D eigenvalue weighted by atomic mass is 32.2. The van der Waals surface area contributed by atoms with Crippen LogP contribution in [-0.4, -0.2) is 31.7 Å². The molecule has 0 bridgehead atoms. The molecule has 186 valence electrons. The van der Waals surface area contributed by atoms with Gasteiger partial charge in [0.05, 0.1) is 23.0 Å². The van der Waals surface area contributed by atoms with E-state index < -0.39 is 40.2 Å². The number of aliphatic hydroxyl groups excluding tert-OH is 1. The fourth-order valence-electron chi connectivity index (χ4n) is 4.56. The van der Waals surface area contributed by atoms with Crippen molar-refractivity contribution in [2.45, 2.75) is 77.0 Å². The van der Waals surface area contributed by atoms with Gasteiger partial charge in [0.2, 0.25) is 10.0 Å². The summed E-state index contributed by atoms with van der Waals surface area (Å²) in [5, 5.41) is 10.8. The summed E-state index contributed by atoms with van der Waals surface area (Å²) >= 11 is 0. The summed E-state index contributed by atoms with van der Waals surface area (Å²) in [5.74, 6) is -0.683. The van der Waals surface area contributed by atoms with E-state index in [2.05, 4.69) is 4.72 Å². The maximum absolute atomic E-state index is 13.3. The van der Waals surface area contributed by atoms with Gasteiger partial charge in [-0.2, -0.15) is 4.72 Å². The minimum absolute atomic E-state index is 0.164. The van der Waals surface area contributed by atoms with E-state index in [1.54, 1.807) is 24.3 Å². The molecular weight excluding hydrogens is 450 g/mol. The largest absolute Gasteiger partial charge is 0.460 e. The zero-order valence-electron chi connectivity index (χ0n) is 20.7. The molecular formula is C27H37NO5S. The molecule has 0 saturated carbocycles. The van der Waals surface area contributed by atoms with Gasteiger partial charge in [0.15, 0.2) is 0 Å². The van der Waals surface area contributed by atoms with Crippen molar-refractivity contribution in [1.82, 2.24) is 4.72 Å². The number of fused-ring (bicyclic) bond motifs is 1. The molecule has 2 aromatic carbocycles. The van der Waals surface area contributed by atoms with E-state index in [-0.39, 0.29) is 16.7 Å². The molecule has 4 atom stereocenters. The van der Waals surface area contributed by atoms with Crippen LogP contribution in [0.4, 0.5) is 0 Å². The average molecular weight is 488 g/mol. The Labute approximate surface area is 203 Å². The Hall–Kier alpha value is -2.22. The number of rotatable bonds is 10. The van der Waals surface area contributed by atoms with Crippen LogP contribution in [0.1, 0.15) is 63.3 Å². The Morgan fingerprint density at radius 3 is 2.26 bits per heavy atom. The number of ether oxygens (including phenoxy) is 1. The van der Waals surface area contributed by atoms with Crippen LogP contribution < -0.4 is 4.72 Å². The highest BCUT2D eigenvalue weighted by Gasteiger charge is 2.40. The van der Waals surface area contributed by atoms with Gasteiger partial charge in [-0.25, -0.2) is 8.42 Å². The zero-order valence-corrected chi connectivity index (χ0v) is 21.5. The molecule has 2 aromatic rings. The van der Waals surface area contributed by atoms with E-state index in [9.17, 15) is 18.3 Å². The fraction of sp³-hybridized carbons (Fsp3) is 0.519. The molecule has 0 saturated heterocycles. The number of esters is 1. The summed E-state index contributed by atoms with van der Waals surface area (Å²) in [5.41, 5.74) is 2.72. The van der Waals surface area contributed by atoms with Crippen molar-refractivity contribution >= 4 is 16.0 Å². The summed E-state index contributed by atoms with van der Waals surface area (Å²) in [7, 11) is -3.83. The highest BCUT2D eigenvalue weighted by molar-refractivity contribution is 7.89. The third-order valence-electron chi connectivity index (χ3n) is 6.27. The van der Waals surface area contributed by atoms with E-state index in [0.717, 1.165) is 16.7 Å². The summed E-state index contributed by atoms with van der Waals surface area (Å²) in [4.78, 5) is 13.4. The Bertz CT molecular complexity index is 1080. The van der Waals surface area contributed by atoms with Crippen LogP contribution in [0.15, 0.2) is 53.4 Å². The van der Waals surface area contributed by atoms with Crippen LogP contribution in [0.25, 0.3) is 0 Å². The number of hydrogen-bond donors (Lipinski definition) is 2. The Kier molecular flexibility index (Phi) is 8.55. The highest BCUT2D eigenvalue weighted by Crippen LogP contribution is 2.36. The minimum atomic E-state index is -3.83. The van der Waals surface area contributed by atoms with Crippen molar-refractivity contribution in [3.05, 3.63) is 65.2 Å². The van der Waals surface area contributed by atoms with E-state index in [4.69, 9.17) is 4.74 Å². The van der Waals surface area contributed by atoms with E-state index in [1.807, 2.05) is 58.9 Å². The lowest BCUT2D eigenvalue weighted by Crippen LogP contribution is -2.39. The van der Waals surface area contributed by atoms with E-state index in [0.29, 0.717) is 19.3 Å². The van der Waals surface area contributed by atoms with Gasteiger partial charge in [-0.05, 0) is 54.9 Å². The summed E-state index contributed by atoms with van der Waals surface area (Å²) in [6.45, 7) is 9.92. The molecule has 0 unspecified atom stereocenters. The first kappa shape index (κ1) is 26.4. The molecule has 34 heavy (non-hydrogen) atoms. The molecule has 0 spiro atoms. The Morgan fingerprint density at radius 2 is 1.65 bits per heavy atom. The normalized spacial score (nSPS) is 19.8. The summed E-state index contributed by atoms with van der Waals surface area (Å²) in [6, 6.07) is 13.5. The second-order valence-corrected chi connectivity index (χ2v) is 11.9. The number of aryl methyl sites for hydroxylation is 1. The summed E-state index contributed by atoms with van der Waals surface area (Å²) in [6.07, 6.45) is -0.0718. The number of nitrogens with one attached hydrogen (secondary N) is 1. The third-order valence-corrected chi connectivity index (χ3v) is 7.73. The molecule has 0 radical (unpaired) electrons. The van der Waals surface area contributed by atoms with Crippen LogP contribution in [0.2, 0.25) is 0 Å².